The molecule has 1 rings (SSSR count). The third kappa shape index (κ3) is 6.66. The highest BCUT2D eigenvalue weighted by Crippen LogP contribution is 2.14. The van der Waals surface area contributed by atoms with Gasteiger partial charge in [-0.05, 0) is 20.3 Å². The van der Waals surface area contributed by atoms with Crippen molar-refractivity contribution < 1.29 is 28.6 Å². The molecule has 1 aromatic heterocycles. The molecule has 0 saturated heterocycles. The molecule has 0 aliphatic rings. The Bertz CT molecular complexity index is 637. The fraction of sp³-hybridized carbons (Fsp3) is 0.533. The van der Waals surface area contributed by atoms with Gasteiger partial charge in [-0.15, -0.1) is 0 Å². The van der Waals surface area contributed by atoms with E-state index in [1.165, 1.54) is 19.6 Å². The standard InChI is InChI=1S/C15H21N5O5/c1-9(2)25-15(23)11(5-4-10(21)6-19-16)20-14(22)13(24-3)12-7-17-8-18-12/h6-9,11,13H,4-5H2,1-3H3,(H,17,18)(H,20,22)/t11-,13+/m0/s1. The van der Waals surface area contributed by atoms with Gasteiger partial charge in [0, 0.05) is 19.7 Å². The average molecular weight is 351 g/mol. The van der Waals surface area contributed by atoms with Crippen molar-refractivity contribution in [2.45, 2.75) is 44.9 Å². The van der Waals surface area contributed by atoms with Crippen LogP contribution in [0.2, 0.25) is 0 Å². The highest BCUT2D eigenvalue weighted by Gasteiger charge is 2.29. The highest BCUT2D eigenvalue weighted by atomic mass is 16.5. The molecular weight excluding hydrogens is 330 g/mol. The number of imidazole rings is 1. The van der Waals surface area contributed by atoms with Crippen molar-refractivity contribution in [1.82, 2.24) is 15.3 Å². The summed E-state index contributed by atoms with van der Waals surface area (Å²) in [6.45, 7) is 3.34. The number of nitrogens with one attached hydrogen (secondary N) is 2. The number of Topliss-reactive ketones (excluding diaryl/α,β-unsaturated/α-hetero) is 1. The summed E-state index contributed by atoms with van der Waals surface area (Å²) >= 11 is 0. The largest absolute Gasteiger partial charge is 0.461 e. The topological polar surface area (TPSA) is 147 Å². The van der Waals surface area contributed by atoms with E-state index in [1.807, 2.05) is 0 Å². The van der Waals surface area contributed by atoms with Crippen molar-refractivity contribution >= 4 is 23.9 Å². The Morgan fingerprint density at radius 2 is 2.16 bits per heavy atom. The number of carbonyl (C=O) groups is 3. The first kappa shape index (κ1) is 20.2. The molecule has 0 aromatic carbocycles. The zero-order valence-electron chi connectivity index (χ0n) is 14.3. The number of hydrogen-bond donors (Lipinski definition) is 2. The van der Waals surface area contributed by atoms with Crippen LogP contribution in [0.4, 0.5) is 0 Å². The maximum Gasteiger partial charge on any atom is 0.328 e. The Balaban J connectivity index is 2.83. The van der Waals surface area contributed by atoms with Crippen LogP contribution >= 0.6 is 0 Å². The Kier molecular flexibility index (Phi) is 8.17. The number of hydrogen-bond acceptors (Lipinski definition) is 6. The summed E-state index contributed by atoms with van der Waals surface area (Å²) in [5, 5.41) is 2.51. The maximum atomic E-state index is 12.4. The fourth-order valence-corrected chi connectivity index (χ4v) is 2.00. The van der Waals surface area contributed by atoms with E-state index in [0.29, 0.717) is 5.69 Å². The van der Waals surface area contributed by atoms with E-state index in [2.05, 4.69) is 20.1 Å². The zero-order valence-corrected chi connectivity index (χ0v) is 14.3. The van der Waals surface area contributed by atoms with E-state index in [1.54, 1.807) is 13.8 Å². The quantitative estimate of drug-likeness (QED) is 0.266. The van der Waals surface area contributed by atoms with Gasteiger partial charge in [0.2, 0.25) is 5.78 Å². The lowest BCUT2D eigenvalue weighted by molar-refractivity contribution is -0.153. The molecule has 0 radical (unpaired) electrons. The van der Waals surface area contributed by atoms with E-state index in [0.717, 1.165) is 6.21 Å². The summed E-state index contributed by atoms with van der Waals surface area (Å²) in [6.07, 6.45) is 2.10. The summed E-state index contributed by atoms with van der Waals surface area (Å²) in [5.74, 6) is -1.76. The zero-order chi connectivity index (χ0) is 18.8. The van der Waals surface area contributed by atoms with Crippen LogP contribution < -0.4 is 5.32 Å². The first-order chi connectivity index (χ1) is 11.9. The number of H-pyrrole nitrogens is 1. The van der Waals surface area contributed by atoms with Gasteiger partial charge in [0.05, 0.1) is 18.1 Å². The molecule has 10 heteroatoms. The number of aromatic nitrogens is 2. The molecule has 0 unspecified atom stereocenters. The van der Waals surface area contributed by atoms with Gasteiger partial charge in [-0.1, -0.05) is 0 Å². The van der Waals surface area contributed by atoms with Crippen molar-refractivity contribution in [1.29, 1.82) is 0 Å². The summed E-state index contributed by atoms with van der Waals surface area (Å²) in [6, 6.07) is -1.05. The van der Waals surface area contributed by atoms with E-state index in [4.69, 9.17) is 15.0 Å². The average Bonchev–Trinajstić information content (AvgIpc) is 3.05. The molecule has 0 saturated carbocycles. The number of esters is 1. The van der Waals surface area contributed by atoms with Crippen molar-refractivity contribution in [2.75, 3.05) is 7.11 Å². The molecule has 0 bridgehead atoms. The van der Waals surface area contributed by atoms with Gasteiger partial charge in [-0.25, -0.2) is 9.78 Å². The van der Waals surface area contributed by atoms with Gasteiger partial charge in [-0.3, -0.25) is 9.59 Å². The van der Waals surface area contributed by atoms with E-state index >= 15 is 0 Å². The molecule has 0 aliphatic heterocycles. The number of nitrogens with zero attached hydrogens (tertiary/aromatic N) is 3. The minimum Gasteiger partial charge on any atom is -0.461 e. The van der Waals surface area contributed by atoms with Gasteiger partial charge in [0.1, 0.15) is 6.04 Å². The number of ether oxygens (including phenoxy) is 2. The van der Waals surface area contributed by atoms with Crippen LogP contribution in [-0.2, 0) is 23.9 Å². The Hall–Kier alpha value is -2.84. The van der Waals surface area contributed by atoms with Crippen LogP contribution in [0.3, 0.4) is 0 Å². The predicted octanol–water partition coefficient (Wildman–Crippen LogP) is 0.184. The van der Waals surface area contributed by atoms with E-state index in [9.17, 15) is 14.4 Å². The molecule has 10 nitrogen and oxygen atoms in total. The second kappa shape index (κ2) is 10.1. The van der Waals surface area contributed by atoms with Crippen LogP contribution in [0.25, 0.3) is 5.53 Å². The molecule has 136 valence electrons. The van der Waals surface area contributed by atoms with Gasteiger partial charge in [0.15, 0.2) is 6.10 Å². The van der Waals surface area contributed by atoms with Gasteiger partial charge < -0.3 is 25.3 Å². The monoisotopic (exact) mass is 351 g/mol. The summed E-state index contributed by atoms with van der Waals surface area (Å²) in [4.78, 5) is 45.3. The van der Waals surface area contributed by atoms with Gasteiger partial charge in [0.25, 0.3) is 5.91 Å². The van der Waals surface area contributed by atoms with Gasteiger partial charge >= 0.3 is 12.2 Å². The Morgan fingerprint density at radius 1 is 1.44 bits per heavy atom. The maximum absolute atomic E-state index is 12.4. The molecular formula is C15H21N5O5. The molecule has 25 heavy (non-hydrogen) atoms. The van der Waals surface area contributed by atoms with Crippen molar-refractivity contribution in [2.24, 2.45) is 0 Å². The smallest absolute Gasteiger partial charge is 0.328 e. The SMILES string of the molecule is CO[C@@H](C(=O)N[C@@H](CCC(=O)C=[N+]=[N-])C(=O)OC(C)C)c1c[nH]cn1. The Labute approximate surface area is 144 Å². The fourth-order valence-electron chi connectivity index (χ4n) is 2.00. The third-order valence-electron chi connectivity index (χ3n) is 3.10. The number of methoxy groups -OCH3 is 1. The van der Waals surface area contributed by atoms with E-state index in [-0.39, 0.29) is 18.9 Å². The normalized spacial score (nSPS) is 12.8. The summed E-state index contributed by atoms with van der Waals surface area (Å²) in [5.41, 5.74) is 8.69. The minimum absolute atomic E-state index is 0.0147. The lowest BCUT2D eigenvalue weighted by Crippen LogP contribution is -2.45. The third-order valence-corrected chi connectivity index (χ3v) is 3.10. The number of aromatic amines is 1. The molecule has 2 atom stereocenters. The molecule has 1 amide bonds. The van der Waals surface area contributed by atoms with Crippen LogP contribution in [0.5, 0.6) is 0 Å². The molecule has 0 fully saturated rings. The lowest BCUT2D eigenvalue weighted by atomic mass is 10.1. The second-order valence-electron chi connectivity index (χ2n) is 5.41. The van der Waals surface area contributed by atoms with Crippen molar-refractivity contribution in [3.8, 4) is 0 Å². The van der Waals surface area contributed by atoms with Crippen LogP contribution in [-0.4, -0.2) is 57.9 Å². The first-order valence-electron chi connectivity index (χ1n) is 7.61. The first-order valence-corrected chi connectivity index (χ1v) is 7.61. The molecule has 0 spiro atoms. The number of carbonyl (C=O) groups excluding carboxylic acids is 3. The highest BCUT2D eigenvalue weighted by molar-refractivity contribution is 6.25. The van der Waals surface area contributed by atoms with Crippen molar-refractivity contribution in [3.05, 3.63) is 23.7 Å². The summed E-state index contributed by atoms with van der Waals surface area (Å²) < 4.78 is 10.2. The van der Waals surface area contributed by atoms with Gasteiger partial charge in [-0.2, -0.15) is 4.79 Å². The van der Waals surface area contributed by atoms with Crippen molar-refractivity contribution in [3.63, 3.8) is 0 Å². The predicted molar refractivity (Wildman–Crippen MR) is 85.4 cm³/mol. The number of rotatable bonds is 10. The van der Waals surface area contributed by atoms with Crippen LogP contribution in [0.1, 0.15) is 38.5 Å². The van der Waals surface area contributed by atoms with Crippen LogP contribution in [0, 0.1) is 0 Å². The second-order valence-corrected chi connectivity index (χ2v) is 5.41. The minimum atomic E-state index is -1.05. The number of amides is 1. The summed E-state index contributed by atoms with van der Waals surface area (Å²) in [7, 11) is 1.33. The van der Waals surface area contributed by atoms with Crippen LogP contribution in [0.15, 0.2) is 12.5 Å². The van der Waals surface area contributed by atoms with E-state index < -0.39 is 29.8 Å². The number of ketones is 1. The molecule has 0 aliphatic carbocycles. The molecule has 1 heterocycles. The Morgan fingerprint density at radius 3 is 2.68 bits per heavy atom. The molecule has 1 aromatic rings. The lowest BCUT2D eigenvalue weighted by Gasteiger charge is -2.21. The molecule has 2 N–H and O–H groups in total.